The number of rotatable bonds is 12. The van der Waals surface area contributed by atoms with Crippen molar-refractivity contribution in [2.24, 2.45) is 0 Å². The molecule has 3 unspecified atom stereocenters. The molecule has 0 saturated carbocycles. The number of hydrogen-bond donors (Lipinski definition) is 6. The van der Waals surface area contributed by atoms with Gasteiger partial charge in [0.05, 0.1) is 19.6 Å². The smallest absolute Gasteiger partial charge is 0.756 e. The molecule has 0 bridgehead atoms. The van der Waals surface area contributed by atoms with Gasteiger partial charge in [0.2, 0.25) is 53.2 Å². The normalized spacial score (nSPS) is 19.6. The first-order valence-corrected chi connectivity index (χ1v) is 15.1. The van der Waals surface area contributed by atoms with Gasteiger partial charge in [-0.2, -0.15) is 0 Å². The van der Waals surface area contributed by atoms with Crippen LogP contribution in [0.2, 0.25) is 0 Å². The van der Waals surface area contributed by atoms with Crippen LogP contribution in [0.5, 0.6) is 0 Å². The van der Waals surface area contributed by atoms with Crippen LogP contribution in [0.1, 0.15) is 59.3 Å². The fourth-order valence-corrected chi connectivity index (χ4v) is 4.16. The van der Waals surface area contributed by atoms with Gasteiger partial charge in [-0.25, -0.2) is 0 Å². The Kier molecular flexibility index (Phi) is 21.0. The van der Waals surface area contributed by atoms with Crippen LogP contribution in [0.4, 0.5) is 0 Å². The van der Waals surface area contributed by atoms with Gasteiger partial charge in [0.15, 0.2) is 0 Å². The minimum absolute atomic E-state index is 0. The zero-order chi connectivity index (χ0) is 36.4. The van der Waals surface area contributed by atoms with E-state index in [-0.39, 0.29) is 90.4 Å². The summed E-state index contributed by atoms with van der Waals surface area (Å²) in [4.78, 5) is 111. The van der Waals surface area contributed by atoms with Crippen molar-refractivity contribution in [3.63, 3.8) is 0 Å². The van der Waals surface area contributed by atoms with Crippen LogP contribution in [0.25, 0.3) is 0 Å². The number of carbonyl (C=O) groups is 9. The first-order valence-electron chi connectivity index (χ1n) is 15.1. The molecule has 22 heteroatoms. The van der Waals surface area contributed by atoms with Gasteiger partial charge in [-0.1, -0.05) is 0 Å². The van der Waals surface area contributed by atoms with Crippen molar-refractivity contribution in [3.05, 3.63) is 15.6 Å². The third-order valence-corrected chi connectivity index (χ3v) is 6.85. The van der Waals surface area contributed by atoms with E-state index in [4.69, 9.17) is 0 Å². The number of nitrogens with zero attached hydrogens (tertiary/aromatic N) is 3. The SMILES string of the molecule is CC(=O)N([O-])CCCC1NC(=O)CNC(=O)CNC(=O)CNC(=O)C(CCCN([O-])C(C)=O)NC(=O)C(CCCN([O-])C(C)=O)NC1=O.[Fe+3]. The number of amides is 9. The molecule has 0 aliphatic carbocycles. The van der Waals surface area contributed by atoms with Crippen LogP contribution in [0, 0.1) is 15.6 Å². The van der Waals surface area contributed by atoms with Crippen molar-refractivity contribution < 1.29 is 60.2 Å². The standard InChI is InChI=1S/C27H42N9O12.Fe/c1-16(37)34(46)10-4-7-19-25(43)30-14-23(41)28-13-22(40)29-15-24(42)31-20(8-5-11-35(47)17(2)38)26(44)33-21(27(45)32-19)9-6-12-36(48)18(3)39;/h19-21H,4-15H2,1-3H3,(H,28,41)(H,29,40)(H,30,43)(H,31,42)(H,32,45)(H,33,44);/q-3;+3. The topological polar surface area (TPSA) is 305 Å². The Balaban J connectivity index is 0.0000230. The molecule has 21 nitrogen and oxygen atoms in total. The Labute approximate surface area is 292 Å². The van der Waals surface area contributed by atoms with Crippen LogP contribution in [0.3, 0.4) is 0 Å². The summed E-state index contributed by atoms with van der Waals surface area (Å²) in [7, 11) is 0. The molecule has 0 aromatic rings. The van der Waals surface area contributed by atoms with Crippen molar-refractivity contribution in [1.29, 1.82) is 0 Å². The monoisotopic (exact) mass is 740 g/mol. The molecule has 49 heavy (non-hydrogen) atoms. The second-order valence-electron chi connectivity index (χ2n) is 10.8. The molecule has 3 atom stereocenters. The zero-order valence-electron chi connectivity index (χ0n) is 27.3. The third-order valence-electron chi connectivity index (χ3n) is 6.85. The van der Waals surface area contributed by atoms with Gasteiger partial charge in [-0.15, -0.1) is 0 Å². The summed E-state index contributed by atoms with van der Waals surface area (Å²) in [6.07, 6.45) is -0.885. The van der Waals surface area contributed by atoms with E-state index in [0.717, 1.165) is 20.8 Å². The van der Waals surface area contributed by atoms with Gasteiger partial charge < -0.3 is 62.7 Å². The second-order valence-corrected chi connectivity index (χ2v) is 10.8. The van der Waals surface area contributed by atoms with Crippen LogP contribution < -0.4 is 31.9 Å². The number of hydroxylamine groups is 6. The van der Waals surface area contributed by atoms with E-state index in [1.54, 1.807) is 0 Å². The molecule has 6 N–H and O–H groups in total. The Morgan fingerprint density at radius 2 is 0.837 bits per heavy atom. The molecule has 0 spiro atoms. The summed E-state index contributed by atoms with van der Waals surface area (Å²) >= 11 is 0. The maximum absolute atomic E-state index is 13.5. The van der Waals surface area contributed by atoms with Crippen LogP contribution in [0.15, 0.2) is 0 Å². The Bertz CT molecular complexity index is 1180. The molecule has 0 aromatic carbocycles. The molecule has 0 aromatic heterocycles. The maximum Gasteiger partial charge on any atom is 3.00 e. The van der Waals surface area contributed by atoms with Crippen molar-refractivity contribution in [3.8, 4) is 0 Å². The molecule has 1 radical (unpaired) electrons. The average Bonchev–Trinajstić information content (AvgIpc) is 3.02. The molecule has 1 aliphatic heterocycles. The van der Waals surface area contributed by atoms with Crippen LogP contribution in [-0.2, 0) is 60.2 Å². The molecule has 1 heterocycles. The predicted molar refractivity (Wildman–Crippen MR) is 165 cm³/mol. The zero-order valence-corrected chi connectivity index (χ0v) is 28.4. The first-order chi connectivity index (χ1) is 22.5. The Hall–Kier alpha value is -4.37. The number of nitrogens with one attached hydrogen (secondary N) is 6. The molecule has 1 aliphatic rings. The summed E-state index contributed by atoms with van der Waals surface area (Å²) in [5.41, 5.74) is 0. The van der Waals surface area contributed by atoms with Crippen LogP contribution >= 0.6 is 0 Å². The summed E-state index contributed by atoms with van der Waals surface area (Å²) in [6.45, 7) is 0.246. The average molecular weight is 741 g/mol. The second kappa shape index (κ2) is 23.1. The van der Waals surface area contributed by atoms with Crippen LogP contribution in [-0.4, -0.2) is 126 Å². The Morgan fingerprint density at radius 3 is 1.20 bits per heavy atom. The fourth-order valence-electron chi connectivity index (χ4n) is 4.16. The van der Waals surface area contributed by atoms with E-state index >= 15 is 0 Å². The van der Waals surface area contributed by atoms with E-state index < -0.39 is 90.9 Å². The molecule has 275 valence electrons. The molecule has 1 fully saturated rings. The summed E-state index contributed by atoms with van der Waals surface area (Å²) in [5, 5.41) is 49.6. The molecule has 1 rings (SSSR count). The predicted octanol–water partition coefficient (Wildman–Crippen LogP) is -3.82. The van der Waals surface area contributed by atoms with Crippen molar-refractivity contribution in [2.45, 2.75) is 77.4 Å². The van der Waals surface area contributed by atoms with Crippen molar-refractivity contribution in [1.82, 2.24) is 47.1 Å². The molecular formula is C27H42FeN9O12. The maximum atomic E-state index is 13.5. The minimum Gasteiger partial charge on any atom is -0.756 e. The van der Waals surface area contributed by atoms with Gasteiger partial charge >= 0.3 is 17.1 Å². The van der Waals surface area contributed by atoms with Crippen molar-refractivity contribution >= 4 is 53.2 Å². The summed E-state index contributed by atoms with van der Waals surface area (Å²) < 4.78 is 0. The van der Waals surface area contributed by atoms with E-state index in [1.165, 1.54) is 0 Å². The Morgan fingerprint density at radius 1 is 0.531 bits per heavy atom. The third kappa shape index (κ3) is 18.1. The van der Waals surface area contributed by atoms with E-state index in [0.29, 0.717) is 0 Å². The van der Waals surface area contributed by atoms with Gasteiger partial charge in [-0.05, 0) is 38.5 Å². The van der Waals surface area contributed by atoms with E-state index in [1.807, 2.05) is 0 Å². The van der Waals surface area contributed by atoms with Gasteiger partial charge in [0, 0.05) is 40.4 Å². The number of hydrogen-bond acceptors (Lipinski definition) is 12. The van der Waals surface area contributed by atoms with Gasteiger partial charge in [0.25, 0.3) is 0 Å². The van der Waals surface area contributed by atoms with Gasteiger partial charge in [-0.3, -0.25) is 43.2 Å². The van der Waals surface area contributed by atoms with E-state index in [2.05, 4.69) is 31.9 Å². The quantitative estimate of drug-likeness (QED) is 0.0829. The first kappa shape index (κ1) is 44.6. The largest absolute Gasteiger partial charge is 3.00 e. The molecular weight excluding hydrogens is 698 g/mol. The number of carbonyl (C=O) groups excluding carboxylic acids is 9. The minimum atomic E-state index is -1.46. The van der Waals surface area contributed by atoms with Crippen molar-refractivity contribution in [2.75, 3.05) is 39.3 Å². The molecule has 9 amide bonds. The van der Waals surface area contributed by atoms with E-state index in [9.17, 15) is 58.8 Å². The van der Waals surface area contributed by atoms with Gasteiger partial charge in [0.1, 0.15) is 18.1 Å². The summed E-state index contributed by atoms with van der Waals surface area (Å²) in [5.74, 6) is -7.58. The summed E-state index contributed by atoms with van der Waals surface area (Å²) in [6, 6.07) is -4.26. The fraction of sp³-hybridized carbons (Fsp3) is 0.667. The molecule has 1 saturated heterocycles.